The lowest BCUT2D eigenvalue weighted by molar-refractivity contribution is 0.533. The summed E-state index contributed by atoms with van der Waals surface area (Å²) in [6.07, 6.45) is 1.64. The third-order valence-electron chi connectivity index (χ3n) is 0.966. The standard InChI is InChI=1S/C6H7O/c1-5-3-4-7-6(5)2/h3-4H,1H2,2H3. The van der Waals surface area contributed by atoms with Crippen molar-refractivity contribution in [2.75, 3.05) is 0 Å². The highest BCUT2D eigenvalue weighted by molar-refractivity contribution is 5.17. The Morgan fingerprint density at radius 3 is 2.57 bits per heavy atom. The maximum Gasteiger partial charge on any atom is 0.103 e. The van der Waals surface area contributed by atoms with Crippen molar-refractivity contribution in [3.05, 3.63) is 30.6 Å². The highest BCUT2D eigenvalue weighted by atomic mass is 16.3. The van der Waals surface area contributed by atoms with Crippen LogP contribution in [0.3, 0.4) is 0 Å². The first-order valence-electron chi connectivity index (χ1n) is 2.17. The van der Waals surface area contributed by atoms with Gasteiger partial charge in [0.15, 0.2) is 0 Å². The van der Waals surface area contributed by atoms with Gasteiger partial charge < -0.3 is 4.42 Å². The Balaban J connectivity index is 3.12. The molecule has 1 heterocycles. The summed E-state index contributed by atoms with van der Waals surface area (Å²) in [5.41, 5.74) is 0.972. The molecular weight excluding hydrogens is 88.1 g/mol. The Morgan fingerprint density at radius 2 is 2.43 bits per heavy atom. The van der Waals surface area contributed by atoms with Gasteiger partial charge in [-0.15, -0.1) is 0 Å². The van der Waals surface area contributed by atoms with Gasteiger partial charge in [0.2, 0.25) is 0 Å². The van der Waals surface area contributed by atoms with Crippen LogP contribution in [0.5, 0.6) is 0 Å². The molecule has 37 valence electrons. The van der Waals surface area contributed by atoms with Crippen molar-refractivity contribution in [3.8, 4) is 0 Å². The molecule has 1 nitrogen and oxygen atoms in total. The Hall–Kier alpha value is -0.720. The normalized spacial score (nSPS) is 9.43. The van der Waals surface area contributed by atoms with Crippen LogP contribution in [0.4, 0.5) is 0 Å². The van der Waals surface area contributed by atoms with E-state index < -0.39 is 0 Å². The number of furan rings is 1. The van der Waals surface area contributed by atoms with Crippen LogP contribution in [0.15, 0.2) is 16.7 Å². The summed E-state index contributed by atoms with van der Waals surface area (Å²) in [6, 6.07) is 1.84. The third kappa shape index (κ3) is 0.660. The molecule has 0 spiro atoms. The first-order chi connectivity index (χ1) is 3.30. The molecule has 0 unspecified atom stereocenters. The van der Waals surface area contributed by atoms with Crippen molar-refractivity contribution in [2.45, 2.75) is 6.92 Å². The van der Waals surface area contributed by atoms with Gasteiger partial charge in [-0.05, 0) is 25.5 Å². The van der Waals surface area contributed by atoms with Crippen LogP contribution in [-0.4, -0.2) is 0 Å². The van der Waals surface area contributed by atoms with E-state index in [9.17, 15) is 0 Å². The largest absolute Gasteiger partial charge is 0.469 e. The highest BCUT2D eigenvalue weighted by Gasteiger charge is 1.89. The van der Waals surface area contributed by atoms with Crippen LogP contribution in [0, 0.1) is 13.8 Å². The number of hydrogen-bond acceptors (Lipinski definition) is 1. The van der Waals surface area contributed by atoms with Gasteiger partial charge in [-0.25, -0.2) is 0 Å². The third-order valence-corrected chi connectivity index (χ3v) is 0.966. The van der Waals surface area contributed by atoms with E-state index in [0.717, 1.165) is 11.3 Å². The molecule has 0 fully saturated rings. The second-order valence-electron chi connectivity index (χ2n) is 1.50. The molecule has 0 saturated heterocycles. The molecule has 1 heteroatoms. The lowest BCUT2D eigenvalue weighted by Crippen LogP contribution is -1.63. The summed E-state index contributed by atoms with van der Waals surface area (Å²) in [5, 5.41) is 0. The van der Waals surface area contributed by atoms with Gasteiger partial charge >= 0.3 is 0 Å². The van der Waals surface area contributed by atoms with E-state index in [-0.39, 0.29) is 0 Å². The van der Waals surface area contributed by atoms with E-state index >= 15 is 0 Å². The van der Waals surface area contributed by atoms with E-state index in [2.05, 4.69) is 6.92 Å². The molecule has 1 radical (unpaired) electrons. The SMILES string of the molecule is [CH2]c1ccoc1C. The molecule has 0 atom stereocenters. The van der Waals surface area contributed by atoms with Crippen LogP contribution >= 0.6 is 0 Å². The van der Waals surface area contributed by atoms with Crippen molar-refractivity contribution in [1.29, 1.82) is 0 Å². The van der Waals surface area contributed by atoms with E-state index in [1.807, 2.05) is 13.0 Å². The van der Waals surface area contributed by atoms with Gasteiger partial charge in [0.1, 0.15) is 5.76 Å². The van der Waals surface area contributed by atoms with Gasteiger partial charge in [-0.3, -0.25) is 0 Å². The lowest BCUT2D eigenvalue weighted by Gasteiger charge is -1.78. The minimum absolute atomic E-state index is 0.903. The average molecular weight is 95.1 g/mol. The van der Waals surface area contributed by atoms with Crippen LogP contribution in [0.2, 0.25) is 0 Å². The molecule has 1 rings (SSSR count). The first-order valence-corrected chi connectivity index (χ1v) is 2.17. The fourth-order valence-corrected chi connectivity index (χ4v) is 0.411. The van der Waals surface area contributed by atoms with Crippen molar-refractivity contribution < 1.29 is 4.42 Å². The zero-order valence-corrected chi connectivity index (χ0v) is 4.27. The minimum atomic E-state index is 0.903. The Bertz CT molecular complexity index is 136. The van der Waals surface area contributed by atoms with Crippen LogP contribution in [0.1, 0.15) is 11.3 Å². The Kier molecular flexibility index (Phi) is 0.895. The lowest BCUT2D eigenvalue weighted by atomic mass is 10.3. The van der Waals surface area contributed by atoms with E-state index in [1.54, 1.807) is 6.26 Å². The summed E-state index contributed by atoms with van der Waals surface area (Å²) in [5.74, 6) is 0.903. The Morgan fingerprint density at radius 1 is 1.71 bits per heavy atom. The molecule has 0 amide bonds. The fraction of sp³-hybridized carbons (Fsp3) is 0.167. The van der Waals surface area contributed by atoms with Gasteiger partial charge in [-0.2, -0.15) is 0 Å². The Labute approximate surface area is 43.0 Å². The van der Waals surface area contributed by atoms with Crippen LogP contribution in [0.25, 0.3) is 0 Å². The molecule has 0 aromatic carbocycles. The first kappa shape index (κ1) is 4.44. The molecule has 0 bridgehead atoms. The topological polar surface area (TPSA) is 13.1 Å². The molecule has 1 aromatic heterocycles. The summed E-state index contributed by atoms with van der Waals surface area (Å²) < 4.78 is 4.90. The molecule has 0 aliphatic rings. The molecule has 0 aliphatic heterocycles. The summed E-state index contributed by atoms with van der Waals surface area (Å²) in [7, 11) is 0. The molecule has 1 aromatic rings. The van der Waals surface area contributed by atoms with E-state index in [0.29, 0.717) is 0 Å². The van der Waals surface area contributed by atoms with Gasteiger partial charge in [0.25, 0.3) is 0 Å². The maximum atomic E-state index is 4.90. The fourth-order valence-electron chi connectivity index (χ4n) is 0.411. The van der Waals surface area contributed by atoms with Gasteiger partial charge in [-0.1, -0.05) is 0 Å². The van der Waals surface area contributed by atoms with Crippen molar-refractivity contribution in [2.24, 2.45) is 0 Å². The highest BCUT2D eigenvalue weighted by Crippen LogP contribution is 2.04. The predicted molar refractivity (Wildman–Crippen MR) is 27.9 cm³/mol. The summed E-state index contributed by atoms with van der Waals surface area (Å²) in [6.45, 7) is 5.58. The molecule has 7 heavy (non-hydrogen) atoms. The van der Waals surface area contributed by atoms with E-state index in [1.165, 1.54) is 0 Å². The quantitative estimate of drug-likeness (QED) is 0.478. The van der Waals surface area contributed by atoms with E-state index in [4.69, 9.17) is 4.42 Å². The number of aryl methyl sites for hydroxylation is 1. The minimum Gasteiger partial charge on any atom is -0.469 e. The molecule has 0 aliphatic carbocycles. The second-order valence-corrected chi connectivity index (χ2v) is 1.50. The smallest absolute Gasteiger partial charge is 0.103 e. The van der Waals surface area contributed by atoms with Crippen LogP contribution < -0.4 is 0 Å². The number of rotatable bonds is 0. The van der Waals surface area contributed by atoms with Crippen molar-refractivity contribution >= 4 is 0 Å². The van der Waals surface area contributed by atoms with Crippen molar-refractivity contribution in [3.63, 3.8) is 0 Å². The van der Waals surface area contributed by atoms with Crippen LogP contribution in [-0.2, 0) is 0 Å². The molecule has 0 saturated carbocycles. The van der Waals surface area contributed by atoms with Crippen molar-refractivity contribution in [1.82, 2.24) is 0 Å². The maximum absolute atomic E-state index is 4.90. The zero-order valence-electron chi connectivity index (χ0n) is 4.27. The molecular formula is C6H7O. The van der Waals surface area contributed by atoms with Gasteiger partial charge in [0.05, 0.1) is 6.26 Å². The second kappa shape index (κ2) is 1.41. The van der Waals surface area contributed by atoms with Gasteiger partial charge in [0, 0.05) is 0 Å². The zero-order chi connectivity index (χ0) is 5.28. The average Bonchev–Trinajstić information content (AvgIpc) is 1.91. The predicted octanol–water partition coefficient (Wildman–Crippen LogP) is 1.77. The summed E-state index contributed by atoms with van der Waals surface area (Å²) in [4.78, 5) is 0. The molecule has 0 N–H and O–H groups in total. The monoisotopic (exact) mass is 95.0 g/mol. The number of hydrogen-bond donors (Lipinski definition) is 0. The summed E-state index contributed by atoms with van der Waals surface area (Å²) >= 11 is 0.